The molecule has 0 saturated carbocycles. The van der Waals surface area contributed by atoms with Gasteiger partial charge in [0.1, 0.15) is 11.6 Å². The standard InChI is InChI=1S/C20H22FN3O/c1-23-18-8-3-2-7-17(18)22-20(23)9-10-24-13-16(25)12-19(24)14-5-4-6-15(21)11-14/h2-8,11,16,19,25H,9-10,12-13H2,1H3/t16-,19-/m0/s1. The summed E-state index contributed by atoms with van der Waals surface area (Å²) in [7, 11) is 2.04. The number of hydrogen-bond acceptors (Lipinski definition) is 3. The number of aromatic nitrogens is 2. The third-order valence-electron chi connectivity index (χ3n) is 5.12. The summed E-state index contributed by atoms with van der Waals surface area (Å²) in [6.45, 7) is 1.40. The Morgan fingerprint density at radius 2 is 2.04 bits per heavy atom. The zero-order chi connectivity index (χ0) is 17.4. The SMILES string of the molecule is Cn1c(CCN2C[C@@H](O)C[C@H]2c2cccc(F)c2)nc2ccccc21. The van der Waals surface area contributed by atoms with Crippen molar-refractivity contribution in [1.29, 1.82) is 0 Å². The van der Waals surface area contributed by atoms with Crippen LogP contribution in [0.25, 0.3) is 11.0 Å². The number of rotatable bonds is 4. The minimum atomic E-state index is -0.367. The van der Waals surface area contributed by atoms with Gasteiger partial charge in [-0.2, -0.15) is 0 Å². The fraction of sp³-hybridized carbons (Fsp3) is 0.350. The van der Waals surface area contributed by atoms with Gasteiger partial charge in [0.2, 0.25) is 0 Å². The molecule has 4 rings (SSSR count). The summed E-state index contributed by atoms with van der Waals surface area (Å²) in [5, 5.41) is 10.1. The number of hydrogen-bond donors (Lipinski definition) is 1. The van der Waals surface area contributed by atoms with Crippen molar-refractivity contribution in [2.24, 2.45) is 7.05 Å². The van der Waals surface area contributed by atoms with Crippen LogP contribution in [0.4, 0.5) is 4.39 Å². The zero-order valence-electron chi connectivity index (χ0n) is 14.3. The van der Waals surface area contributed by atoms with Crippen LogP contribution in [-0.2, 0) is 13.5 Å². The average Bonchev–Trinajstić information content (AvgIpc) is 3.13. The summed E-state index contributed by atoms with van der Waals surface area (Å²) in [5.74, 6) is 0.801. The number of halogens is 1. The van der Waals surface area contributed by atoms with Crippen molar-refractivity contribution in [3.63, 3.8) is 0 Å². The lowest BCUT2D eigenvalue weighted by atomic mass is 10.0. The van der Waals surface area contributed by atoms with Crippen molar-refractivity contribution in [1.82, 2.24) is 14.5 Å². The number of aliphatic hydroxyl groups excluding tert-OH is 1. The average molecular weight is 339 g/mol. The predicted octanol–water partition coefficient (Wildman–Crippen LogP) is 3.06. The van der Waals surface area contributed by atoms with Gasteiger partial charge in [0, 0.05) is 32.6 Å². The van der Waals surface area contributed by atoms with E-state index in [4.69, 9.17) is 4.98 Å². The number of aryl methyl sites for hydroxylation is 1. The van der Waals surface area contributed by atoms with Gasteiger partial charge in [-0.1, -0.05) is 24.3 Å². The summed E-state index contributed by atoms with van der Waals surface area (Å²) in [4.78, 5) is 6.95. The molecule has 2 heterocycles. The van der Waals surface area contributed by atoms with Gasteiger partial charge in [0.05, 0.1) is 17.1 Å². The zero-order valence-corrected chi connectivity index (χ0v) is 14.3. The first-order chi connectivity index (χ1) is 12.1. The molecule has 130 valence electrons. The van der Waals surface area contributed by atoms with Crippen LogP contribution in [0, 0.1) is 5.82 Å². The summed E-state index contributed by atoms with van der Waals surface area (Å²) < 4.78 is 15.7. The number of β-amino-alcohol motifs (C(OH)–C–C–N with tert-alkyl or cyclic N) is 1. The topological polar surface area (TPSA) is 41.3 Å². The monoisotopic (exact) mass is 339 g/mol. The molecule has 0 unspecified atom stereocenters. The van der Waals surface area contributed by atoms with Gasteiger partial charge < -0.3 is 9.67 Å². The van der Waals surface area contributed by atoms with Crippen LogP contribution in [0.2, 0.25) is 0 Å². The molecular weight excluding hydrogens is 317 g/mol. The van der Waals surface area contributed by atoms with Crippen molar-refractivity contribution < 1.29 is 9.50 Å². The van der Waals surface area contributed by atoms with Crippen molar-refractivity contribution in [3.05, 3.63) is 65.7 Å². The Kier molecular flexibility index (Phi) is 4.27. The Morgan fingerprint density at radius 3 is 2.84 bits per heavy atom. The highest BCUT2D eigenvalue weighted by molar-refractivity contribution is 5.75. The largest absolute Gasteiger partial charge is 0.392 e. The van der Waals surface area contributed by atoms with Gasteiger partial charge in [0.15, 0.2) is 0 Å². The smallest absolute Gasteiger partial charge is 0.123 e. The minimum absolute atomic E-state index is 0.0559. The highest BCUT2D eigenvalue weighted by atomic mass is 19.1. The molecule has 0 spiro atoms. The molecule has 25 heavy (non-hydrogen) atoms. The lowest BCUT2D eigenvalue weighted by Gasteiger charge is -2.24. The number of nitrogens with zero attached hydrogens (tertiary/aromatic N) is 3. The van der Waals surface area contributed by atoms with E-state index in [1.807, 2.05) is 31.3 Å². The molecule has 2 aromatic carbocycles. The van der Waals surface area contributed by atoms with Crippen LogP contribution < -0.4 is 0 Å². The van der Waals surface area contributed by atoms with Crippen molar-refractivity contribution >= 4 is 11.0 Å². The number of benzene rings is 2. The van der Waals surface area contributed by atoms with Crippen molar-refractivity contribution in [2.75, 3.05) is 13.1 Å². The molecule has 2 atom stereocenters. The van der Waals surface area contributed by atoms with E-state index in [-0.39, 0.29) is 18.0 Å². The molecule has 1 N–H and O–H groups in total. The van der Waals surface area contributed by atoms with Crippen LogP contribution in [0.5, 0.6) is 0 Å². The van der Waals surface area contributed by atoms with Crippen LogP contribution in [-0.4, -0.2) is 38.8 Å². The van der Waals surface area contributed by atoms with E-state index in [0.717, 1.165) is 35.4 Å². The second-order valence-electron chi connectivity index (χ2n) is 6.78. The first-order valence-electron chi connectivity index (χ1n) is 8.70. The van der Waals surface area contributed by atoms with Gasteiger partial charge >= 0.3 is 0 Å². The van der Waals surface area contributed by atoms with Crippen molar-refractivity contribution in [2.45, 2.75) is 25.0 Å². The Morgan fingerprint density at radius 1 is 1.20 bits per heavy atom. The quantitative estimate of drug-likeness (QED) is 0.794. The Bertz CT molecular complexity index is 892. The lowest BCUT2D eigenvalue weighted by molar-refractivity contribution is 0.175. The summed E-state index contributed by atoms with van der Waals surface area (Å²) in [6.07, 6.45) is 1.07. The molecule has 0 amide bonds. The van der Waals surface area contributed by atoms with E-state index in [0.29, 0.717) is 13.0 Å². The summed E-state index contributed by atoms with van der Waals surface area (Å²) in [6, 6.07) is 14.9. The molecule has 1 aliphatic rings. The molecular formula is C20H22FN3O. The normalized spacial score (nSPS) is 21.2. The number of para-hydroxylation sites is 2. The van der Waals surface area contributed by atoms with E-state index in [2.05, 4.69) is 15.5 Å². The molecule has 1 aliphatic heterocycles. The fourth-order valence-electron chi connectivity index (χ4n) is 3.85. The maximum absolute atomic E-state index is 13.6. The Labute approximate surface area is 146 Å². The first-order valence-corrected chi connectivity index (χ1v) is 8.70. The molecule has 1 saturated heterocycles. The highest BCUT2D eigenvalue weighted by Crippen LogP contribution is 2.32. The number of aliphatic hydroxyl groups is 1. The number of likely N-dealkylation sites (tertiary alicyclic amines) is 1. The van der Waals surface area contributed by atoms with Gasteiger partial charge in [-0.15, -0.1) is 0 Å². The third-order valence-corrected chi connectivity index (χ3v) is 5.12. The van der Waals surface area contributed by atoms with Crippen LogP contribution in [0.3, 0.4) is 0 Å². The number of imidazole rings is 1. The second-order valence-corrected chi connectivity index (χ2v) is 6.78. The molecule has 5 heteroatoms. The molecule has 1 aromatic heterocycles. The Hall–Kier alpha value is -2.24. The lowest BCUT2D eigenvalue weighted by Crippen LogP contribution is -2.27. The fourth-order valence-corrected chi connectivity index (χ4v) is 3.85. The molecule has 1 fully saturated rings. The summed E-state index contributed by atoms with van der Waals surface area (Å²) in [5.41, 5.74) is 3.06. The molecule has 3 aromatic rings. The second kappa shape index (κ2) is 6.58. The molecule has 4 nitrogen and oxygen atoms in total. The number of fused-ring (bicyclic) bond motifs is 1. The van der Waals surface area contributed by atoms with E-state index < -0.39 is 0 Å². The minimum Gasteiger partial charge on any atom is -0.392 e. The van der Waals surface area contributed by atoms with Gasteiger partial charge in [-0.25, -0.2) is 9.37 Å². The predicted molar refractivity (Wildman–Crippen MR) is 95.8 cm³/mol. The highest BCUT2D eigenvalue weighted by Gasteiger charge is 2.32. The van der Waals surface area contributed by atoms with E-state index in [1.165, 1.54) is 6.07 Å². The van der Waals surface area contributed by atoms with Crippen LogP contribution >= 0.6 is 0 Å². The maximum Gasteiger partial charge on any atom is 0.123 e. The van der Waals surface area contributed by atoms with Gasteiger partial charge in [-0.05, 0) is 36.2 Å². The maximum atomic E-state index is 13.6. The third kappa shape index (κ3) is 3.17. The van der Waals surface area contributed by atoms with Gasteiger partial charge in [-0.3, -0.25) is 4.90 Å². The van der Waals surface area contributed by atoms with Gasteiger partial charge in [0.25, 0.3) is 0 Å². The van der Waals surface area contributed by atoms with Crippen LogP contribution in [0.15, 0.2) is 48.5 Å². The Balaban J connectivity index is 1.53. The molecule has 0 radical (unpaired) electrons. The first kappa shape index (κ1) is 16.2. The summed E-state index contributed by atoms with van der Waals surface area (Å²) >= 11 is 0. The molecule has 0 aliphatic carbocycles. The molecule has 0 bridgehead atoms. The van der Waals surface area contributed by atoms with Crippen molar-refractivity contribution in [3.8, 4) is 0 Å². The van der Waals surface area contributed by atoms with E-state index in [9.17, 15) is 9.50 Å². The van der Waals surface area contributed by atoms with Crippen LogP contribution in [0.1, 0.15) is 23.9 Å². The van der Waals surface area contributed by atoms with E-state index >= 15 is 0 Å². The van der Waals surface area contributed by atoms with E-state index in [1.54, 1.807) is 12.1 Å².